The van der Waals surface area contributed by atoms with Crippen LogP contribution in [0.3, 0.4) is 0 Å². The predicted octanol–water partition coefficient (Wildman–Crippen LogP) is 2.00. The van der Waals surface area contributed by atoms with Gasteiger partial charge in [0.2, 0.25) is 0 Å². The number of amides is 1. The van der Waals surface area contributed by atoms with Crippen LogP contribution in [0, 0.1) is 17.1 Å². The molecule has 0 heterocycles. The normalized spacial score (nSPS) is 17.0. The first-order valence-electron chi connectivity index (χ1n) is 5.15. The average molecular weight is 218 g/mol. The lowest BCUT2D eigenvalue weighted by atomic mass is 9.78. The maximum Gasteiger partial charge on any atom is 0.255 e. The Morgan fingerprint density at radius 3 is 2.62 bits per heavy atom. The molecule has 1 amide bonds. The summed E-state index contributed by atoms with van der Waals surface area (Å²) in [4.78, 5) is 11.7. The van der Waals surface area contributed by atoms with Crippen molar-refractivity contribution >= 4 is 5.91 Å². The minimum atomic E-state index is -0.778. The lowest BCUT2D eigenvalue weighted by molar-refractivity contribution is 0.0877. The summed E-state index contributed by atoms with van der Waals surface area (Å²) in [6.07, 6.45) is 2.21. The summed E-state index contributed by atoms with van der Waals surface area (Å²) in [6.45, 7) is 0. The maximum atomic E-state index is 13.3. The Kier molecular flexibility index (Phi) is 2.61. The number of benzene rings is 1. The van der Waals surface area contributed by atoms with Gasteiger partial charge in [0, 0.05) is 0 Å². The fraction of sp³-hybridized carbons (Fsp3) is 0.333. The quantitative estimate of drug-likeness (QED) is 0.825. The second-order valence-corrected chi connectivity index (χ2v) is 3.98. The number of halogens is 1. The van der Waals surface area contributed by atoms with Crippen molar-refractivity contribution in [2.24, 2.45) is 0 Å². The Bertz CT molecular complexity index is 460. The summed E-state index contributed by atoms with van der Waals surface area (Å²) in [5, 5.41) is 11.5. The van der Waals surface area contributed by atoms with Gasteiger partial charge in [-0.2, -0.15) is 5.26 Å². The average Bonchev–Trinajstić information content (AvgIpc) is 2.24. The number of carbonyl (C=O) groups excluding carboxylic acids is 1. The first kappa shape index (κ1) is 10.6. The van der Waals surface area contributed by atoms with Crippen LogP contribution in [-0.4, -0.2) is 11.4 Å². The lowest BCUT2D eigenvalue weighted by Crippen LogP contribution is -2.52. The predicted molar refractivity (Wildman–Crippen MR) is 56.1 cm³/mol. The molecule has 4 heteroatoms. The molecule has 0 unspecified atom stereocenters. The molecular weight excluding hydrogens is 207 g/mol. The van der Waals surface area contributed by atoms with Gasteiger partial charge in [-0.3, -0.25) is 4.79 Å². The standard InChI is InChI=1S/C12H11FN2O/c13-10-5-2-1-4-9(10)11(16)15-12(8-14)6-3-7-12/h1-2,4-5H,3,6-7H2,(H,15,16). The van der Waals surface area contributed by atoms with Crippen LogP contribution in [0.15, 0.2) is 24.3 Å². The summed E-state index contributed by atoms with van der Waals surface area (Å²) >= 11 is 0. The van der Waals surface area contributed by atoms with E-state index in [-0.39, 0.29) is 5.56 Å². The van der Waals surface area contributed by atoms with Gasteiger partial charge in [-0.1, -0.05) is 12.1 Å². The molecule has 0 aromatic heterocycles. The van der Waals surface area contributed by atoms with Crippen LogP contribution in [0.25, 0.3) is 0 Å². The largest absolute Gasteiger partial charge is 0.334 e. The smallest absolute Gasteiger partial charge is 0.255 e. The van der Waals surface area contributed by atoms with Gasteiger partial charge in [-0.15, -0.1) is 0 Å². The van der Waals surface area contributed by atoms with Gasteiger partial charge in [0.25, 0.3) is 5.91 Å². The highest BCUT2D eigenvalue weighted by atomic mass is 19.1. The number of nitrogens with one attached hydrogen (secondary N) is 1. The lowest BCUT2D eigenvalue weighted by Gasteiger charge is -2.35. The molecule has 1 N–H and O–H groups in total. The van der Waals surface area contributed by atoms with Crippen molar-refractivity contribution in [1.29, 1.82) is 5.26 Å². The first-order valence-corrected chi connectivity index (χ1v) is 5.15. The zero-order chi connectivity index (χ0) is 11.6. The van der Waals surface area contributed by atoms with Crippen LogP contribution in [0.5, 0.6) is 0 Å². The molecule has 3 nitrogen and oxygen atoms in total. The molecule has 16 heavy (non-hydrogen) atoms. The molecule has 82 valence electrons. The van der Waals surface area contributed by atoms with E-state index in [1.807, 2.05) is 0 Å². The van der Waals surface area contributed by atoms with Gasteiger partial charge in [-0.25, -0.2) is 4.39 Å². The van der Waals surface area contributed by atoms with E-state index in [0.29, 0.717) is 12.8 Å². The van der Waals surface area contributed by atoms with Gasteiger partial charge in [0.05, 0.1) is 11.6 Å². The number of nitrogens with zero attached hydrogens (tertiary/aromatic N) is 1. The van der Waals surface area contributed by atoms with Gasteiger partial charge < -0.3 is 5.32 Å². The second-order valence-electron chi connectivity index (χ2n) is 3.98. The third kappa shape index (κ3) is 1.76. The van der Waals surface area contributed by atoms with Crippen molar-refractivity contribution in [3.63, 3.8) is 0 Å². The summed E-state index contributed by atoms with van der Waals surface area (Å²) in [6, 6.07) is 7.84. The Morgan fingerprint density at radius 2 is 2.12 bits per heavy atom. The molecule has 1 aromatic carbocycles. The molecule has 2 rings (SSSR count). The molecule has 0 saturated heterocycles. The van der Waals surface area contributed by atoms with Gasteiger partial charge in [-0.05, 0) is 31.4 Å². The summed E-state index contributed by atoms with van der Waals surface area (Å²) in [5.41, 5.74) is -0.789. The van der Waals surface area contributed by atoms with Crippen LogP contribution in [0.1, 0.15) is 29.6 Å². The number of nitriles is 1. The van der Waals surface area contributed by atoms with E-state index in [0.717, 1.165) is 6.42 Å². The molecule has 0 bridgehead atoms. The molecule has 1 aliphatic carbocycles. The highest BCUT2D eigenvalue weighted by Crippen LogP contribution is 2.31. The molecule has 0 radical (unpaired) electrons. The van der Waals surface area contributed by atoms with Crippen molar-refractivity contribution < 1.29 is 9.18 Å². The van der Waals surface area contributed by atoms with Crippen LogP contribution >= 0.6 is 0 Å². The molecule has 1 aliphatic rings. The Morgan fingerprint density at radius 1 is 1.44 bits per heavy atom. The molecule has 0 atom stereocenters. The van der Waals surface area contributed by atoms with Crippen LogP contribution in [0.2, 0.25) is 0 Å². The molecule has 0 aliphatic heterocycles. The van der Waals surface area contributed by atoms with E-state index in [4.69, 9.17) is 5.26 Å². The zero-order valence-electron chi connectivity index (χ0n) is 8.66. The van der Waals surface area contributed by atoms with E-state index in [9.17, 15) is 9.18 Å². The van der Waals surface area contributed by atoms with Crippen molar-refractivity contribution in [2.45, 2.75) is 24.8 Å². The van der Waals surface area contributed by atoms with Gasteiger partial charge in [0.1, 0.15) is 11.4 Å². The Hall–Kier alpha value is -1.89. The Labute approximate surface area is 92.9 Å². The van der Waals surface area contributed by atoms with E-state index >= 15 is 0 Å². The Balaban J connectivity index is 2.15. The third-order valence-electron chi connectivity index (χ3n) is 2.89. The van der Waals surface area contributed by atoms with E-state index in [1.54, 1.807) is 6.07 Å². The molecule has 1 fully saturated rings. The van der Waals surface area contributed by atoms with E-state index < -0.39 is 17.3 Å². The molecule has 0 spiro atoms. The van der Waals surface area contributed by atoms with Crippen LogP contribution in [0.4, 0.5) is 4.39 Å². The van der Waals surface area contributed by atoms with Crippen LogP contribution in [-0.2, 0) is 0 Å². The molecular formula is C12H11FN2O. The monoisotopic (exact) mass is 218 g/mol. The van der Waals surface area contributed by atoms with Crippen LogP contribution < -0.4 is 5.32 Å². The highest BCUT2D eigenvalue weighted by Gasteiger charge is 2.39. The van der Waals surface area contributed by atoms with Gasteiger partial charge in [0.15, 0.2) is 0 Å². The zero-order valence-corrected chi connectivity index (χ0v) is 8.66. The molecule has 1 aromatic rings. The summed E-state index contributed by atoms with van der Waals surface area (Å²) in [5.74, 6) is -1.08. The molecule has 1 saturated carbocycles. The maximum absolute atomic E-state index is 13.3. The minimum Gasteiger partial charge on any atom is -0.334 e. The van der Waals surface area contributed by atoms with Crippen molar-refractivity contribution in [3.05, 3.63) is 35.6 Å². The first-order chi connectivity index (χ1) is 7.67. The number of hydrogen-bond donors (Lipinski definition) is 1. The number of carbonyl (C=O) groups is 1. The second kappa shape index (κ2) is 3.93. The number of hydrogen-bond acceptors (Lipinski definition) is 2. The number of rotatable bonds is 2. The summed E-state index contributed by atoms with van der Waals surface area (Å²) in [7, 11) is 0. The fourth-order valence-electron chi connectivity index (χ4n) is 1.73. The van der Waals surface area contributed by atoms with Crippen molar-refractivity contribution in [1.82, 2.24) is 5.32 Å². The SMILES string of the molecule is N#CC1(NC(=O)c2ccccc2F)CCC1. The fourth-order valence-corrected chi connectivity index (χ4v) is 1.73. The minimum absolute atomic E-state index is 0.0102. The van der Waals surface area contributed by atoms with E-state index in [1.165, 1.54) is 18.2 Å². The van der Waals surface area contributed by atoms with E-state index in [2.05, 4.69) is 11.4 Å². The van der Waals surface area contributed by atoms with Crippen molar-refractivity contribution in [3.8, 4) is 6.07 Å². The topological polar surface area (TPSA) is 52.9 Å². The third-order valence-corrected chi connectivity index (χ3v) is 2.89. The summed E-state index contributed by atoms with van der Waals surface area (Å²) < 4.78 is 13.3. The van der Waals surface area contributed by atoms with Gasteiger partial charge >= 0.3 is 0 Å². The highest BCUT2D eigenvalue weighted by molar-refractivity contribution is 5.95. The van der Waals surface area contributed by atoms with Crippen molar-refractivity contribution in [2.75, 3.05) is 0 Å².